The standard InChI is InChI=1S/C25H27NO4S/c1-6-29-25(28)23-20(19-11-10-15(2)17(4)12-19)14-31-24(23)26-22(27)13-30-21-9-7-8-16(3)18(21)5/h7-12,14H,6,13H2,1-5H3,(H,26,27). The minimum absolute atomic E-state index is 0.149. The Balaban J connectivity index is 1.84. The van der Waals surface area contributed by atoms with Gasteiger partial charge in [0.2, 0.25) is 0 Å². The highest BCUT2D eigenvalue weighted by Gasteiger charge is 2.23. The van der Waals surface area contributed by atoms with Gasteiger partial charge in [0.1, 0.15) is 16.3 Å². The number of thiophene rings is 1. The van der Waals surface area contributed by atoms with Crippen molar-refractivity contribution in [3.8, 4) is 16.9 Å². The normalized spacial score (nSPS) is 10.6. The molecule has 0 unspecified atom stereocenters. The summed E-state index contributed by atoms with van der Waals surface area (Å²) in [5.41, 5.74) is 6.43. The lowest BCUT2D eigenvalue weighted by Gasteiger charge is -2.12. The molecule has 0 aliphatic heterocycles. The van der Waals surface area contributed by atoms with Crippen LogP contribution < -0.4 is 10.1 Å². The minimum atomic E-state index is -0.456. The highest BCUT2D eigenvalue weighted by Crippen LogP contribution is 2.37. The summed E-state index contributed by atoms with van der Waals surface area (Å²) in [6, 6.07) is 11.8. The van der Waals surface area contributed by atoms with Crippen LogP contribution in [0.1, 0.15) is 39.5 Å². The van der Waals surface area contributed by atoms with Crippen molar-refractivity contribution in [2.24, 2.45) is 0 Å². The zero-order chi connectivity index (χ0) is 22.5. The molecule has 0 saturated carbocycles. The van der Waals surface area contributed by atoms with Crippen LogP contribution in [0.15, 0.2) is 41.8 Å². The van der Waals surface area contributed by atoms with E-state index in [0.29, 0.717) is 16.3 Å². The van der Waals surface area contributed by atoms with Crippen LogP contribution in [0.5, 0.6) is 5.75 Å². The SMILES string of the molecule is CCOC(=O)c1c(-c2ccc(C)c(C)c2)csc1NC(=O)COc1cccc(C)c1C. The predicted molar refractivity (Wildman–Crippen MR) is 125 cm³/mol. The number of rotatable bonds is 7. The lowest BCUT2D eigenvalue weighted by molar-refractivity contribution is -0.118. The van der Waals surface area contributed by atoms with Crippen LogP contribution in [0.2, 0.25) is 0 Å². The number of ether oxygens (including phenoxy) is 2. The highest BCUT2D eigenvalue weighted by molar-refractivity contribution is 7.15. The van der Waals surface area contributed by atoms with Gasteiger partial charge < -0.3 is 14.8 Å². The van der Waals surface area contributed by atoms with E-state index in [1.165, 1.54) is 16.9 Å². The van der Waals surface area contributed by atoms with Gasteiger partial charge in [0.25, 0.3) is 5.91 Å². The Bertz CT molecular complexity index is 1120. The number of carbonyl (C=O) groups excluding carboxylic acids is 2. The maximum atomic E-state index is 12.7. The van der Waals surface area contributed by atoms with Gasteiger partial charge in [-0.1, -0.05) is 30.3 Å². The Hall–Kier alpha value is -3.12. The molecule has 1 aromatic heterocycles. The van der Waals surface area contributed by atoms with E-state index in [-0.39, 0.29) is 19.1 Å². The summed E-state index contributed by atoms with van der Waals surface area (Å²) in [4.78, 5) is 25.3. The smallest absolute Gasteiger partial charge is 0.341 e. The molecule has 0 fully saturated rings. The summed E-state index contributed by atoms with van der Waals surface area (Å²) >= 11 is 1.30. The highest BCUT2D eigenvalue weighted by atomic mass is 32.1. The van der Waals surface area contributed by atoms with Crippen molar-refractivity contribution in [2.45, 2.75) is 34.6 Å². The van der Waals surface area contributed by atoms with Crippen LogP contribution in [0.3, 0.4) is 0 Å². The van der Waals surface area contributed by atoms with Crippen molar-refractivity contribution < 1.29 is 19.1 Å². The Morgan fingerprint density at radius 2 is 1.77 bits per heavy atom. The third kappa shape index (κ3) is 5.14. The first kappa shape index (κ1) is 22.6. The van der Waals surface area contributed by atoms with Gasteiger partial charge >= 0.3 is 5.97 Å². The van der Waals surface area contributed by atoms with E-state index in [1.54, 1.807) is 6.92 Å². The van der Waals surface area contributed by atoms with Crippen LogP contribution in [-0.4, -0.2) is 25.1 Å². The number of aryl methyl sites for hydroxylation is 3. The van der Waals surface area contributed by atoms with E-state index < -0.39 is 5.97 Å². The van der Waals surface area contributed by atoms with Gasteiger partial charge in [-0.25, -0.2) is 4.79 Å². The van der Waals surface area contributed by atoms with Gasteiger partial charge in [-0.2, -0.15) is 0 Å². The second kappa shape index (κ2) is 9.79. The molecule has 6 heteroatoms. The molecule has 31 heavy (non-hydrogen) atoms. The number of anilines is 1. The first-order chi connectivity index (χ1) is 14.8. The minimum Gasteiger partial charge on any atom is -0.483 e. The molecule has 1 amide bonds. The van der Waals surface area contributed by atoms with Crippen LogP contribution in [0, 0.1) is 27.7 Å². The maximum absolute atomic E-state index is 12.7. The topological polar surface area (TPSA) is 64.6 Å². The number of nitrogens with one attached hydrogen (secondary N) is 1. The number of hydrogen-bond donors (Lipinski definition) is 1. The van der Waals surface area contributed by atoms with Crippen molar-refractivity contribution in [3.05, 3.63) is 69.6 Å². The molecule has 3 rings (SSSR count). The molecule has 0 radical (unpaired) electrons. The molecule has 0 aliphatic carbocycles. The molecule has 3 aromatic rings. The zero-order valence-electron chi connectivity index (χ0n) is 18.5. The summed E-state index contributed by atoms with van der Waals surface area (Å²) in [5.74, 6) is -0.120. The summed E-state index contributed by atoms with van der Waals surface area (Å²) in [6.07, 6.45) is 0. The number of carbonyl (C=O) groups is 2. The third-order valence-corrected chi connectivity index (χ3v) is 6.15. The molecule has 0 spiro atoms. The molecule has 5 nitrogen and oxygen atoms in total. The maximum Gasteiger partial charge on any atom is 0.341 e. The van der Waals surface area contributed by atoms with Crippen LogP contribution in [0.4, 0.5) is 5.00 Å². The average molecular weight is 438 g/mol. The van der Waals surface area contributed by atoms with Gasteiger partial charge in [0, 0.05) is 10.9 Å². The largest absolute Gasteiger partial charge is 0.483 e. The molecule has 0 bridgehead atoms. The Morgan fingerprint density at radius 1 is 1.00 bits per heavy atom. The fourth-order valence-corrected chi connectivity index (χ4v) is 4.14. The number of hydrogen-bond acceptors (Lipinski definition) is 5. The number of amides is 1. The van der Waals surface area contributed by atoms with E-state index in [2.05, 4.69) is 5.32 Å². The first-order valence-electron chi connectivity index (χ1n) is 10.2. The lowest BCUT2D eigenvalue weighted by atomic mass is 9.99. The molecule has 0 aliphatic rings. The summed E-state index contributed by atoms with van der Waals surface area (Å²) < 4.78 is 11.0. The number of esters is 1. The van der Waals surface area contributed by atoms with Gasteiger partial charge in [-0.05, 0) is 68.5 Å². The van der Waals surface area contributed by atoms with Crippen molar-refractivity contribution >= 4 is 28.2 Å². The van der Waals surface area contributed by atoms with E-state index in [0.717, 1.165) is 27.8 Å². The molecule has 0 saturated heterocycles. The Labute approximate surface area is 187 Å². The van der Waals surface area contributed by atoms with Crippen LogP contribution >= 0.6 is 11.3 Å². The Morgan fingerprint density at radius 3 is 2.48 bits per heavy atom. The van der Waals surface area contributed by atoms with Crippen LogP contribution in [-0.2, 0) is 9.53 Å². The molecule has 162 valence electrons. The monoisotopic (exact) mass is 437 g/mol. The molecular formula is C25H27NO4S. The summed E-state index contributed by atoms with van der Waals surface area (Å²) in [5, 5.41) is 5.16. The van der Waals surface area contributed by atoms with E-state index >= 15 is 0 Å². The predicted octanol–water partition coefficient (Wildman–Crippen LogP) is 5.84. The third-order valence-electron chi connectivity index (χ3n) is 5.26. The van der Waals surface area contributed by atoms with Gasteiger partial charge in [-0.3, -0.25) is 4.79 Å². The van der Waals surface area contributed by atoms with E-state index in [4.69, 9.17) is 9.47 Å². The van der Waals surface area contributed by atoms with Crippen molar-refractivity contribution in [2.75, 3.05) is 18.5 Å². The van der Waals surface area contributed by atoms with Gasteiger partial charge in [-0.15, -0.1) is 11.3 Å². The van der Waals surface area contributed by atoms with E-state index in [9.17, 15) is 9.59 Å². The Kier molecular flexibility index (Phi) is 7.13. The lowest BCUT2D eigenvalue weighted by Crippen LogP contribution is -2.21. The fraction of sp³-hybridized carbons (Fsp3) is 0.280. The van der Waals surface area contributed by atoms with Crippen molar-refractivity contribution in [3.63, 3.8) is 0 Å². The van der Waals surface area contributed by atoms with Crippen molar-refractivity contribution in [1.82, 2.24) is 0 Å². The summed E-state index contributed by atoms with van der Waals surface area (Å²) in [7, 11) is 0. The van der Waals surface area contributed by atoms with Gasteiger partial charge in [0.05, 0.1) is 6.61 Å². The fourth-order valence-electron chi connectivity index (χ4n) is 3.16. The molecule has 2 aromatic carbocycles. The van der Waals surface area contributed by atoms with Gasteiger partial charge in [0.15, 0.2) is 6.61 Å². The van der Waals surface area contributed by atoms with Crippen molar-refractivity contribution in [1.29, 1.82) is 0 Å². The van der Waals surface area contributed by atoms with Crippen LogP contribution in [0.25, 0.3) is 11.1 Å². The average Bonchev–Trinajstić information content (AvgIpc) is 3.15. The molecule has 0 atom stereocenters. The first-order valence-corrected chi connectivity index (χ1v) is 11.0. The summed E-state index contributed by atoms with van der Waals surface area (Å²) in [6.45, 7) is 9.89. The van der Waals surface area contributed by atoms with E-state index in [1.807, 2.05) is 69.5 Å². The second-order valence-corrected chi connectivity index (χ2v) is 8.29. The zero-order valence-corrected chi connectivity index (χ0v) is 19.3. The molecule has 1 N–H and O–H groups in total. The molecule has 1 heterocycles. The quantitative estimate of drug-likeness (QED) is 0.472. The number of benzene rings is 2. The molecular weight excluding hydrogens is 410 g/mol. The second-order valence-electron chi connectivity index (χ2n) is 7.41.